The molecule has 0 saturated carbocycles. The normalized spacial score (nSPS) is 17.7. The van der Waals surface area contributed by atoms with E-state index in [1.165, 1.54) is 0 Å². The van der Waals surface area contributed by atoms with Gasteiger partial charge in [0.15, 0.2) is 5.75 Å². The zero-order valence-electron chi connectivity index (χ0n) is 12.7. The molecule has 0 aliphatic carbocycles. The van der Waals surface area contributed by atoms with Crippen molar-refractivity contribution >= 4 is 16.9 Å². The molecule has 3 aromatic rings. The Balaban J connectivity index is 1.96. The lowest BCUT2D eigenvalue weighted by molar-refractivity contribution is 0.303. The minimum absolute atomic E-state index is 0.0406. The summed E-state index contributed by atoms with van der Waals surface area (Å²) in [6.07, 6.45) is 0. The van der Waals surface area contributed by atoms with Crippen LogP contribution in [-0.2, 0) is 0 Å². The van der Waals surface area contributed by atoms with Crippen molar-refractivity contribution in [2.45, 2.75) is 5.92 Å². The van der Waals surface area contributed by atoms with Gasteiger partial charge in [-0.15, -0.1) is 0 Å². The zero-order valence-corrected chi connectivity index (χ0v) is 12.7. The second-order valence-corrected chi connectivity index (χ2v) is 5.37. The molecule has 2 aromatic carbocycles. The Morgan fingerprint density at radius 2 is 1.88 bits per heavy atom. The van der Waals surface area contributed by atoms with E-state index in [4.69, 9.17) is 13.9 Å². The first-order chi connectivity index (χ1) is 11.7. The molecule has 1 N–H and O–H groups in total. The third-order valence-corrected chi connectivity index (χ3v) is 4.09. The third kappa shape index (κ3) is 2.04. The summed E-state index contributed by atoms with van der Waals surface area (Å²) in [5.74, 6) is 0.469. The summed E-state index contributed by atoms with van der Waals surface area (Å²) in [7, 11) is 1.57. The molecular formula is C18H13NO5. The van der Waals surface area contributed by atoms with Gasteiger partial charge >= 0.3 is 5.63 Å². The molecule has 0 radical (unpaired) electrons. The fourth-order valence-electron chi connectivity index (χ4n) is 2.97. The average Bonchev–Trinajstić information content (AvgIpc) is 3.02. The van der Waals surface area contributed by atoms with Crippen LogP contribution in [0.25, 0.3) is 11.0 Å². The summed E-state index contributed by atoms with van der Waals surface area (Å²) in [6.45, 7) is 0. The van der Waals surface area contributed by atoms with Crippen molar-refractivity contribution < 1.29 is 19.1 Å². The quantitative estimate of drug-likeness (QED) is 0.445. The van der Waals surface area contributed by atoms with Gasteiger partial charge in [-0.2, -0.15) is 0 Å². The monoisotopic (exact) mass is 323 g/mol. The van der Waals surface area contributed by atoms with E-state index in [0.29, 0.717) is 28.0 Å². The smallest absolute Gasteiger partial charge is 0.344 e. The van der Waals surface area contributed by atoms with Gasteiger partial charge in [0.25, 0.3) is 0 Å². The Hall–Kier alpha value is -3.28. The van der Waals surface area contributed by atoms with Crippen molar-refractivity contribution in [1.29, 1.82) is 0 Å². The van der Waals surface area contributed by atoms with Crippen LogP contribution in [0.3, 0.4) is 0 Å². The molecule has 1 aliphatic rings. The number of fused-ring (bicyclic) bond motifs is 3. The van der Waals surface area contributed by atoms with E-state index in [2.05, 4.69) is 5.16 Å². The predicted octanol–water partition coefficient (Wildman–Crippen LogP) is 3.11. The highest BCUT2D eigenvalue weighted by molar-refractivity contribution is 5.99. The van der Waals surface area contributed by atoms with Crippen molar-refractivity contribution in [1.82, 2.24) is 0 Å². The van der Waals surface area contributed by atoms with E-state index in [1.54, 1.807) is 49.6 Å². The van der Waals surface area contributed by atoms with E-state index in [1.807, 2.05) is 6.07 Å². The van der Waals surface area contributed by atoms with Gasteiger partial charge in [-0.25, -0.2) is 4.79 Å². The zero-order chi connectivity index (χ0) is 16.7. The Bertz CT molecular complexity index is 1000. The number of rotatable bonds is 2. The maximum absolute atomic E-state index is 12.5. The Kier molecular flexibility index (Phi) is 3.23. The Morgan fingerprint density at radius 3 is 2.58 bits per heavy atom. The summed E-state index contributed by atoms with van der Waals surface area (Å²) in [5.41, 5.74) is 0.980. The van der Waals surface area contributed by atoms with Gasteiger partial charge in [0.05, 0.1) is 24.0 Å². The van der Waals surface area contributed by atoms with Gasteiger partial charge in [0, 0.05) is 0 Å². The topological polar surface area (TPSA) is 81.3 Å². The molecule has 6 nitrogen and oxygen atoms in total. The van der Waals surface area contributed by atoms with Gasteiger partial charge < -0.3 is 19.1 Å². The fraction of sp³-hybridized carbons (Fsp3) is 0.111. The first-order valence-corrected chi connectivity index (χ1v) is 7.32. The molecule has 1 aromatic heterocycles. The van der Waals surface area contributed by atoms with Crippen LogP contribution in [0.2, 0.25) is 0 Å². The van der Waals surface area contributed by atoms with Crippen LogP contribution >= 0.6 is 0 Å². The predicted molar refractivity (Wildman–Crippen MR) is 87.2 cm³/mol. The number of benzene rings is 2. The van der Waals surface area contributed by atoms with Crippen molar-refractivity contribution in [3.63, 3.8) is 0 Å². The second-order valence-electron chi connectivity index (χ2n) is 5.37. The van der Waals surface area contributed by atoms with Crippen molar-refractivity contribution in [3.8, 4) is 11.5 Å². The summed E-state index contributed by atoms with van der Waals surface area (Å²) in [6, 6.07) is 14.2. The lowest BCUT2D eigenvalue weighted by atomic mass is 9.93. The van der Waals surface area contributed by atoms with Crippen LogP contribution < -0.4 is 15.1 Å². The Morgan fingerprint density at radius 1 is 1.12 bits per heavy atom. The number of para-hydroxylation sites is 1. The standard InChI is InChI=1S/C18H13NO5/c1-22-11-8-6-10(7-9-11)14-15-16(24-17(14)19-21)12-4-2-3-5-13(12)23-18(15)20/h2-9,14,21H,1H3/t14-/m1/s1. The van der Waals surface area contributed by atoms with Crippen molar-refractivity contribution in [2.75, 3.05) is 7.11 Å². The number of oxime groups is 1. The molecular weight excluding hydrogens is 310 g/mol. The fourth-order valence-corrected chi connectivity index (χ4v) is 2.97. The first-order valence-electron chi connectivity index (χ1n) is 7.32. The molecule has 4 rings (SSSR count). The SMILES string of the molecule is COc1ccc([C@H]2C(=NO)Oc3c2c(=O)oc2ccccc32)cc1. The van der Waals surface area contributed by atoms with Gasteiger partial charge in [-0.05, 0) is 29.8 Å². The molecule has 0 fully saturated rings. The van der Waals surface area contributed by atoms with Crippen LogP contribution in [-0.4, -0.2) is 18.2 Å². The van der Waals surface area contributed by atoms with Crippen molar-refractivity contribution in [2.24, 2.45) is 5.16 Å². The van der Waals surface area contributed by atoms with Gasteiger partial charge in [-0.1, -0.05) is 29.4 Å². The highest BCUT2D eigenvalue weighted by Crippen LogP contribution is 2.42. The minimum atomic E-state index is -0.628. The van der Waals surface area contributed by atoms with E-state index < -0.39 is 11.5 Å². The molecule has 24 heavy (non-hydrogen) atoms. The first kappa shape index (κ1) is 14.3. The molecule has 0 saturated heterocycles. The second kappa shape index (κ2) is 5.42. The lowest BCUT2D eigenvalue weighted by Gasteiger charge is -2.09. The molecule has 120 valence electrons. The Labute approximate surface area is 136 Å². The summed E-state index contributed by atoms with van der Waals surface area (Å²) in [4.78, 5) is 12.5. The third-order valence-electron chi connectivity index (χ3n) is 4.09. The van der Waals surface area contributed by atoms with E-state index in [9.17, 15) is 10.0 Å². The number of methoxy groups -OCH3 is 1. The molecule has 0 amide bonds. The summed E-state index contributed by atoms with van der Waals surface area (Å²) < 4.78 is 16.2. The van der Waals surface area contributed by atoms with Gasteiger partial charge in [0.2, 0.25) is 5.90 Å². The largest absolute Gasteiger partial charge is 0.497 e. The van der Waals surface area contributed by atoms with Crippen LogP contribution in [0, 0.1) is 0 Å². The van der Waals surface area contributed by atoms with Crippen LogP contribution in [0.1, 0.15) is 17.0 Å². The van der Waals surface area contributed by atoms with Gasteiger partial charge in [0.1, 0.15) is 11.3 Å². The number of nitrogens with zero attached hydrogens (tertiary/aromatic N) is 1. The number of hydrogen-bond donors (Lipinski definition) is 1. The summed E-state index contributed by atoms with van der Waals surface area (Å²) in [5, 5.41) is 13.2. The van der Waals surface area contributed by atoms with Crippen LogP contribution in [0.5, 0.6) is 11.5 Å². The molecule has 1 aliphatic heterocycles. The maximum Gasteiger partial charge on any atom is 0.344 e. The molecule has 2 heterocycles. The molecule has 0 spiro atoms. The van der Waals surface area contributed by atoms with E-state index in [-0.39, 0.29) is 5.90 Å². The molecule has 6 heteroatoms. The minimum Gasteiger partial charge on any atom is -0.497 e. The van der Waals surface area contributed by atoms with E-state index >= 15 is 0 Å². The van der Waals surface area contributed by atoms with Crippen LogP contribution in [0.4, 0.5) is 0 Å². The number of ether oxygens (including phenoxy) is 2. The summed E-state index contributed by atoms with van der Waals surface area (Å²) >= 11 is 0. The van der Waals surface area contributed by atoms with Gasteiger partial charge in [-0.3, -0.25) is 0 Å². The van der Waals surface area contributed by atoms with E-state index in [0.717, 1.165) is 5.56 Å². The maximum atomic E-state index is 12.5. The molecule has 0 bridgehead atoms. The van der Waals surface area contributed by atoms with Crippen LogP contribution in [0.15, 0.2) is 62.9 Å². The highest BCUT2D eigenvalue weighted by Gasteiger charge is 2.38. The van der Waals surface area contributed by atoms with Crippen molar-refractivity contribution in [3.05, 3.63) is 70.1 Å². The number of hydrogen-bond acceptors (Lipinski definition) is 6. The average molecular weight is 323 g/mol. The molecule has 0 unspecified atom stereocenters. The lowest BCUT2D eigenvalue weighted by Crippen LogP contribution is -2.16. The highest BCUT2D eigenvalue weighted by atomic mass is 16.5. The molecule has 1 atom stereocenters.